The molecular weight excluding hydrogens is 877 g/mol. The monoisotopic (exact) mass is 981 g/mol. The van der Waals surface area contributed by atoms with E-state index >= 15 is 0 Å². The largest absolute Gasteiger partial charge is 0.462 e. The predicted molar refractivity (Wildman–Crippen MR) is 306 cm³/mol. The molecule has 400 valence electrons. The molecule has 0 amide bonds. The van der Waals surface area contributed by atoms with Crippen molar-refractivity contribution in [3.05, 3.63) is 134 Å². The van der Waals surface area contributed by atoms with E-state index in [0.717, 1.165) is 167 Å². The molecule has 0 fully saturated rings. The van der Waals surface area contributed by atoms with Crippen LogP contribution in [0.3, 0.4) is 0 Å². The number of unbranched alkanes of at least 4 members (excludes halogenated alkanes) is 17. The second kappa shape index (κ2) is 58.1. The molecule has 0 aliphatic rings. The Kier molecular flexibility index (Phi) is 54.5. The molecule has 0 spiro atoms. The van der Waals surface area contributed by atoms with Crippen molar-refractivity contribution in [2.75, 3.05) is 13.2 Å². The van der Waals surface area contributed by atoms with Crippen LogP contribution in [0.2, 0.25) is 0 Å². The molecule has 0 heterocycles. The van der Waals surface area contributed by atoms with E-state index in [-0.39, 0.29) is 31.1 Å². The minimum atomic E-state index is -0.803. The quantitative estimate of drug-likeness (QED) is 0.0262. The van der Waals surface area contributed by atoms with Crippen LogP contribution in [-0.4, -0.2) is 37.2 Å². The van der Waals surface area contributed by atoms with Gasteiger partial charge in [-0.15, -0.1) is 0 Å². The van der Waals surface area contributed by atoms with Gasteiger partial charge in [-0.05, 0) is 128 Å². The minimum absolute atomic E-state index is 0.100. The fourth-order valence-corrected chi connectivity index (χ4v) is 7.30. The first kappa shape index (κ1) is 66.6. The normalized spacial score (nSPS) is 13.1. The zero-order valence-electron chi connectivity index (χ0n) is 45.7. The predicted octanol–water partition coefficient (Wildman–Crippen LogP) is 19.4. The second-order valence-electron chi connectivity index (χ2n) is 18.5. The lowest BCUT2D eigenvalue weighted by molar-refractivity contribution is -0.167. The lowest BCUT2D eigenvalue weighted by Gasteiger charge is -2.18. The van der Waals surface area contributed by atoms with E-state index in [2.05, 4.69) is 154 Å². The molecule has 0 radical (unpaired) electrons. The maximum atomic E-state index is 12.8. The average Bonchev–Trinajstić information content (AvgIpc) is 3.37. The Morgan fingerprint density at radius 1 is 0.296 bits per heavy atom. The molecule has 71 heavy (non-hydrogen) atoms. The maximum absolute atomic E-state index is 12.8. The van der Waals surface area contributed by atoms with Crippen molar-refractivity contribution >= 4 is 17.9 Å². The Labute approximate surface area is 436 Å². The highest BCUT2D eigenvalue weighted by Gasteiger charge is 2.19. The molecule has 1 unspecified atom stereocenters. The van der Waals surface area contributed by atoms with Gasteiger partial charge in [0, 0.05) is 19.3 Å². The zero-order chi connectivity index (χ0) is 51.4. The summed E-state index contributed by atoms with van der Waals surface area (Å²) in [5.41, 5.74) is 0. The van der Waals surface area contributed by atoms with Gasteiger partial charge in [0.1, 0.15) is 13.2 Å². The van der Waals surface area contributed by atoms with Gasteiger partial charge >= 0.3 is 17.9 Å². The number of ether oxygens (including phenoxy) is 3. The Morgan fingerprint density at radius 2 is 0.577 bits per heavy atom. The van der Waals surface area contributed by atoms with Crippen LogP contribution in [0.1, 0.15) is 239 Å². The fraction of sp³-hybridized carbons (Fsp3) is 0.615. The van der Waals surface area contributed by atoms with Gasteiger partial charge in [0.05, 0.1) is 0 Å². The first-order chi connectivity index (χ1) is 35.0. The summed E-state index contributed by atoms with van der Waals surface area (Å²) in [6.07, 6.45) is 81.6. The Hall–Kier alpha value is -4.45. The Balaban J connectivity index is 4.34. The van der Waals surface area contributed by atoms with Crippen molar-refractivity contribution < 1.29 is 28.6 Å². The maximum Gasteiger partial charge on any atom is 0.306 e. The molecular formula is C65H104O6. The van der Waals surface area contributed by atoms with E-state index in [9.17, 15) is 14.4 Å². The number of carbonyl (C=O) groups excluding carboxylic acids is 3. The van der Waals surface area contributed by atoms with Crippen LogP contribution in [0.25, 0.3) is 0 Å². The summed E-state index contributed by atoms with van der Waals surface area (Å²) in [6, 6.07) is 0. The van der Waals surface area contributed by atoms with Crippen LogP contribution in [-0.2, 0) is 28.6 Å². The number of esters is 3. The van der Waals surface area contributed by atoms with Gasteiger partial charge in [-0.3, -0.25) is 14.4 Å². The Bertz CT molecular complexity index is 1550. The average molecular weight is 982 g/mol. The van der Waals surface area contributed by atoms with Crippen LogP contribution >= 0.6 is 0 Å². The molecule has 0 aromatic rings. The van der Waals surface area contributed by atoms with Gasteiger partial charge in [-0.25, -0.2) is 0 Å². The third kappa shape index (κ3) is 56.3. The van der Waals surface area contributed by atoms with Gasteiger partial charge in [-0.1, -0.05) is 225 Å². The molecule has 0 aromatic heterocycles. The molecule has 0 N–H and O–H groups in total. The second-order valence-corrected chi connectivity index (χ2v) is 18.5. The van der Waals surface area contributed by atoms with E-state index in [1.807, 2.05) is 0 Å². The number of hydrogen-bond acceptors (Lipinski definition) is 6. The third-order valence-corrected chi connectivity index (χ3v) is 11.6. The molecule has 0 rings (SSSR count). The van der Waals surface area contributed by atoms with Crippen molar-refractivity contribution in [1.82, 2.24) is 0 Å². The molecule has 0 aliphatic heterocycles. The van der Waals surface area contributed by atoms with E-state index in [1.54, 1.807) is 0 Å². The van der Waals surface area contributed by atoms with Crippen molar-refractivity contribution in [3.8, 4) is 0 Å². The van der Waals surface area contributed by atoms with Crippen molar-refractivity contribution in [1.29, 1.82) is 0 Å². The fourth-order valence-electron chi connectivity index (χ4n) is 7.30. The van der Waals surface area contributed by atoms with Gasteiger partial charge in [0.25, 0.3) is 0 Å². The van der Waals surface area contributed by atoms with Crippen molar-refractivity contribution in [3.63, 3.8) is 0 Å². The topological polar surface area (TPSA) is 78.9 Å². The highest BCUT2D eigenvalue weighted by Crippen LogP contribution is 2.13. The van der Waals surface area contributed by atoms with Crippen LogP contribution in [0.4, 0.5) is 0 Å². The molecule has 0 saturated carbocycles. The molecule has 6 heteroatoms. The summed E-state index contributed by atoms with van der Waals surface area (Å²) in [6.45, 7) is 6.37. The highest BCUT2D eigenvalue weighted by molar-refractivity contribution is 5.71. The zero-order valence-corrected chi connectivity index (χ0v) is 45.7. The van der Waals surface area contributed by atoms with Crippen molar-refractivity contribution in [2.45, 2.75) is 245 Å². The van der Waals surface area contributed by atoms with E-state index < -0.39 is 6.10 Å². The third-order valence-electron chi connectivity index (χ3n) is 11.6. The van der Waals surface area contributed by atoms with Crippen LogP contribution in [0.5, 0.6) is 0 Å². The highest BCUT2D eigenvalue weighted by atomic mass is 16.6. The molecule has 0 aromatic carbocycles. The Morgan fingerprint density at radius 3 is 0.930 bits per heavy atom. The molecule has 0 aliphatic carbocycles. The summed E-state index contributed by atoms with van der Waals surface area (Å²) < 4.78 is 16.8. The summed E-state index contributed by atoms with van der Waals surface area (Å²) >= 11 is 0. The lowest BCUT2D eigenvalue weighted by Crippen LogP contribution is -2.30. The SMILES string of the molecule is CC/C=C\C/C=C\C/C=C\C/C=C\C/C=C\C/C=C\C/C=C\C/C=C\CCCCCCC(=O)OCC(COC(=O)CCCCCCC/C=C\CCC)OC(=O)CCCCCCC/C=C\C/C=C\CCCC. The van der Waals surface area contributed by atoms with Crippen molar-refractivity contribution in [2.24, 2.45) is 0 Å². The van der Waals surface area contributed by atoms with E-state index in [4.69, 9.17) is 14.2 Å². The van der Waals surface area contributed by atoms with Crippen LogP contribution in [0, 0.1) is 0 Å². The molecule has 6 nitrogen and oxygen atoms in total. The van der Waals surface area contributed by atoms with Crippen LogP contribution < -0.4 is 0 Å². The first-order valence-corrected chi connectivity index (χ1v) is 28.7. The number of allylic oxidation sites excluding steroid dienone is 22. The number of rotatable bonds is 50. The summed E-state index contributed by atoms with van der Waals surface area (Å²) in [4.78, 5) is 38.0. The molecule has 0 saturated heterocycles. The van der Waals surface area contributed by atoms with E-state index in [1.165, 1.54) is 32.1 Å². The van der Waals surface area contributed by atoms with Gasteiger partial charge in [-0.2, -0.15) is 0 Å². The molecule has 1 atom stereocenters. The van der Waals surface area contributed by atoms with Gasteiger partial charge < -0.3 is 14.2 Å². The standard InChI is InChI=1S/C65H104O6/c1-4-7-10-13-16-19-22-24-26-27-28-29-30-31-32-33-34-35-36-37-38-39-40-42-43-46-49-52-55-58-64(67)70-61-62(60-69-63(66)57-54-51-48-45-21-18-15-12-9-6-3)71-65(68)59-56-53-50-47-44-41-25-23-20-17-14-11-8-5-2/h7,10,12,14-17,19,23-26,28-29,31-32,34-35,37-38,40,42,62H,4-6,8-9,11,13,18,20-22,27,30,33,36,39,41,43-61H2,1-3H3/b10-7-,15-12-,17-14-,19-16-,25-23-,26-24-,29-28-,32-31-,35-34-,38-37-,42-40-. The van der Waals surface area contributed by atoms with Gasteiger partial charge in [0.15, 0.2) is 6.10 Å². The minimum Gasteiger partial charge on any atom is -0.462 e. The summed E-state index contributed by atoms with van der Waals surface area (Å²) in [7, 11) is 0. The first-order valence-electron chi connectivity index (χ1n) is 28.7. The van der Waals surface area contributed by atoms with Gasteiger partial charge in [0.2, 0.25) is 0 Å². The molecule has 0 bridgehead atoms. The lowest BCUT2D eigenvalue weighted by atomic mass is 10.1. The van der Waals surface area contributed by atoms with E-state index in [0.29, 0.717) is 19.3 Å². The smallest absolute Gasteiger partial charge is 0.306 e. The van der Waals surface area contributed by atoms with Crippen LogP contribution in [0.15, 0.2) is 134 Å². The number of hydrogen-bond donors (Lipinski definition) is 0. The summed E-state index contributed by atoms with van der Waals surface area (Å²) in [5.74, 6) is -0.957. The summed E-state index contributed by atoms with van der Waals surface area (Å²) in [5, 5.41) is 0. The number of carbonyl (C=O) groups is 3.